The van der Waals surface area contributed by atoms with Gasteiger partial charge in [0.25, 0.3) is 0 Å². The molecule has 1 aliphatic carbocycles. The molecule has 4 N–H and O–H groups in total. The molecule has 8 heteroatoms. The van der Waals surface area contributed by atoms with Crippen LogP contribution in [0.2, 0.25) is 5.02 Å². The van der Waals surface area contributed by atoms with Gasteiger partial charge in [-0.3, -0.25) is 4.79 Å². The normalized spacial score (nSPS) is 21.0. The van der Waals surface area contributed by atoms with Crippen molar-refractivity contribution in [3.05, 3.63) is 76.3 Å². The Morgan fingerprint density at radius 2 is 2.00 bits per heavy atom. The smallest absolute Gasteiger partial charge is 0.166 e. The topological polar surface area (TPSA) is 109 Å². The highest BCUT2D eigenvalue weighted by Crippen LogP contribution is 2.38. The molecule has 3 aromatic rings. The summed E-state index contributed by atoms with van der Waals surface area (Å²) in [5.74, 6) is -1.27. The minimum Gasteiger partial charge on any atom is -0.396 e. The van der Waals surface area contributed by atoms with Gasteiger partial charge in [-0.05, 0) is 62.4 Å². The van der Waals surface area contributed by atoms with Gasteiger partial charge in [-0.1, -0.05) is 29.8 Å². The first-order chi connectivity index (χ1) is 16.7. The van der Waals surface area contributed by atoms with Crippen molar-refractivity contribution < 1.29 is 19.4 Å². The third-order valence-electron chi connectivity index (χ3n) is 6.82. The third-order valence-corrected chi connectivity index (χ3v) is 7.05. The Hall–Kier alpha value is -2.87. The molecule has 35 heavy (non-hydrogen) atoms. The van der Waals surface area contributed by atoms with Gasteiger partial charge < -0.3 is 15.9 Å². The lowest BCUT2D eigenvalue weighted by Crippen LogP contribution is -2.29. The zero-order valence-corrected chi connectivity index (χ0v) is 20.3. The summed E-state index contributed by atoms with van der Waals surface area (Å²) < 4.78 is 15.1. The van der Waals surface area contributed by atoms with Gasteiger partial charge in [-0.15, -0.1) is 0 Å². The van der Waals surface area contributed by atoms with Gasteiger partial charge in [0.2, 0.25) is 0 Å². The Labute approximate surface area is 209 Å². The lowest BCUT2D eigenvalue weighted by molar-refractivity contribution is 0.0168. The molecule has 1 aliphatic rings. The van der Waals surface area contributed by atoms with Crippen molar-refractivity contribution in [1.29, 1.82) is 0 Å². The van der Waals surface area contributed by atoms with Gasteiger partial charge in [0.1, 0.15) is 17.3 Å². The van der Waals surface area contributed by atoms with Crippen molar-refractivity contribution in [2.75, 3.05) is 12.3 Å². The number of hydrogen-bond acceptors (Lipinski definition) is 6. The lowest BCUT2D eigenvalue weighted by atomic mass is 9.79. The monoisotopic (exact) mass is 497 g/mol. The summed E-state index contributed by atoms with van der Waals surface area (Å²) in [4.78, 5) is 21.8. The Morgan fingerprint density at radius 3 is 2.66 bits per heavy atom. The first-order valence-electron chi connectivity index (χ1n) is 11.7. The molecular formula is C27H29ClFN3O3. The van der Waals surface area contributed by atoms with E-state index in [1.807, 2.05) is 6.92 Å². The van der Waals surface area contributed by atoms with Crippen molar-refractivity contribution >= 4 is 23.2 Å². The van der Waals surface area contributed by atoms with Crippen LogP contribution in [0, 0.1) is 5.82 Å². The molecule has 0 amide bonds. The second kappa shape index (κ2) is 10.4. The summed E-state index contributed by atoms with van der Waals surface area (Å²) in [5.41, 5.74) is 7.62. The number of nitrogens with two attached hydrogens (primary N) is 1. The van der Waals surface area contributed by atoms with E-state index in [1.165, 1.54) is 12.1 Å². The highest BCUT2D eigenvalue weighted by atomic mass is 35.5. The lowest BCUT2D eigenvalue weighted by Gasteiger charge is -2.32. The van der Waals surface area contributed by atoms with E-state index >= 15 is 4.39 Å². The third kappa shape index (κ3) is 5.86. The van der Waals surface area contributed by atoms with Gasteiger partial charge in [0, 0.05) is 28.8 Å². The molecule has 6 nitrogen and oxygen atoms in total. The number of anilines is 1. The van der Waals surface area contributed by atoms with E-state index in [2.05, 4.69) is 9.97 Å². The molecule has 184 valence electrons. The van der Waals surface area contributed by atoms with Crippen molar-refractivity contribution in [1.82, 2.24) is 9.97 Å². The predicted octanol–water partition coefficient (Wildman–Crippen LogP) is 5.28. The van der Waals surface area contributed by atoms with Crippen molar-refractivity contribution in [3.63, 3.8) is 0 Å². The molecule has 0 aliphatic heterocycles. The van der Waals surface area contributed by atoms with Gasteiger partial charge >= 0.3 is 0 Å². The fourth-order valence-electron chi connectivity index (χ4n) is 4.63. The summed E-state index contributed by atoms with van der Waals surface area (Å²) in [5, 5.41) is 20.5. The van der Waals surface area contributed by atoms with Crippen LogP contribution in [0.1, 0.15) is 72.5 Å². The maximum absolute atomic E-state index is 15.1. The van der Waals surface area contributed by atoms with E-state index in [0.717, 1.165) is 24.1 Å². The predicted molar refractivity (Wildman–Crippen MR) is 134 cm³/mol. The molecule has 0 saturated heterocycles. The number of nitrogens with zero attached hydrogens (tertiary/aromatic N) is 2. The maximum atomic E-state index is 15.1. The number of aliphatic hydroxyl groups excluding tert-OH is 1. The average molecular weight is 498 g/mol. The molecule has 0 unspecified atom stereocenters. The number of carbonyl (C=O) groups is 1. The summed E-state index contributed by atoms with van der Waals surface area (Å²) in [6.45, 7) is 1.58. The van der Waals surface area contributed by atoms with Crippen LogP contribution in [0.25, 0.3) is 11.3 Å². The number of carbonyl (C=O) groups excluding carboxylic acids is 1. The summed E-state index contributed by atoms with van der Waals surface area (Å²) in [7, 11) is 0. The Balaban J connectivity index is 1.54. The van der Waals surface area contributed by atoms with Crippen molar-refractivity contribution in [2.45, 2.75) is 56.5 Å². The molecule has 0 bridgehead atoms. The summed E-state index contributed by atoms with van der Waals surface area (Å²) in [6, 6.07) is 11.2. The number of rotatable bonds is 7. The standard InChI is InChI=1S/C27H29ClFN3O3/c1-27(35)9-7-16(8-10-27)23-14-31-26(30)25(32-23)18-5-6-21(22(29)12-18)24(34)13-19(15-33)17-3-2-4-20(28)11-17/h2-6,11-12,14,16,19,33,35H,7-10,13,15H2,1H3,(H2,30,31)/t16-,19-,27-/m1/s1. The van der Waals surface area contributed by atoms with Crippen LogP contribution in [0.5, 0.6) is 0 Å². The van der Waals surface area contributed by atoms with Crippen LogP contribution in [0.3, 0.4) is 0 Å². The average Bonchev–Trinajstić information content (AvgIpc) is 2.82. The maximum Gasteiger partial charge on any atom is 0.166 e. The fraction of sp³-hybridized carbons (Fsp3) is 0.370. The molecule has 2 aromatic carbocycles. The first-order valence-corrected chi connectivity index (χ1v) is 12.1. The molecule has 0 spiro atoms. The minimum absolute atomic E-state index is 0.0595. The fourth-order valence-corrected chi connectivity index (χ4v) is 4.83. The number of Topliss-reactive ketones (excluding diaryl/α,β-unsaturated/α-hetero) is 1. The SMILES string of the molecule is C[C@]1(O)CC[C@H](c2cnc(N)c(-c3ccc(C(=O)C[C@H](CO)c4cccc(Cl)c4)c(F)c3)n2)CC1. The van der Waals surface area contributed by atoms with Gasteiger partial charge in [-0.2, -0.15) is 0 Å². The van der Waals surface area contributed by atoms with E-state index in [-0.39, 0.29) is 30.3 Å². The zero-order valence-electron chi connectivity index (χ0n) is 19.5. The highest BCUT2D eigenvalue weighted by Gasteiger charge is 2.30. The number of nitrogen functional groups attached to an aromatic ring is 1. The minimum atomic E-state index is -0.685. The van der Waals surface area contributed by atoms with Crippen molar-refractivity contribution in [3.8, 4) is 11.3 Å². The molecule has 1 heterocycles. The molecule has 1 atom stereocenters. The Kier molecular flexibility index (Phi) is 7.50. The van der Waals surface area contributed by atoms with E-state index in [9.17, 15) is 15.0 Å². The Morgan fingerprint density at radius 1 is 1.26 bits per heavy atom. The van der Waals surface area contributed by atoms with Crippen LogP contribution in [-0.2, 0) is 0 Å². The molecule has 0 radical (unpaired) electrons. The number of halogens is 2. The number of aromatic nitrogens is 2. The molecule has 1 saturated carbocycles. The van der Waals surface area contributed by atoms with E-state index < -0.39 is 23.1 Å². The Bertz CT molecular complexity index is 1220. The van der Waals surface area contributed by atoms with Crippen molar-refractivity contribution in [2.24, 2.45) is 0 Å². The first kappa shape index (κ1) is 25.2. The van der Waals surface area contributed by atoms with Crippen LogP contribution >= 0.6 is 11.6 Å². The van der Waals surface area contributed by atoms with Crippen LogP contribution in [-0.4, -0.2) is 38.2 Å². The highest BCUT2D eigenvalue weighted by molar-refractivity contribution is 6.30. The molecular weight excluding hydrogens is 469 g/mol. The van der Waals surface area contributed by atoms with E-state index in [4.69, 9.17) is 17.3 Å². The van der Waals surface area contributed by atoms with Crippen LogP contribution < -0.4 is 5.73 Å². The largest absolute Gasteiger partial charge is 0.396 e. The van der Waals surface area contributed by atoms with Gasteiger partial charge in [0.05, 0.1) is 29.7 Å². The zero-order chi connectivity index (χ0) is 25.2. The molecule has 1 fully saturated rings. The quantitative estimate of drug-likeness (QED) is 0.383. The molecule has 4 rings (SSSR count). The van der Waals surface area contributed by atoms with Crippen LogP contribution in [0.15, 0.2) is 48.7 Å². The van der Waals surface area contributed by atoms with Crippen LogP contribution in [0.4, 0.5) is 10.2 Å². The number of ketones is 1. The second-order valence-corrected chi connectivity index (χ2v) is 9.99. The summed E-state index contributed by atoms with van der Waals surface area (Å²) in [6.07, 6.45) is 4.50. The van der Waals surface area contributed by atoms with E-state index in [0.29, 0.717) is 29.1 Å². The molecule has 1 aromatic heterocycles. The second-order valence-electron chi connectivity index (χ2n) is 9.56. The van der Waals surface area contributed by atoms with E-state index in [1.54, 1.807) is 36.5 Å². The van der Waals surface area contributed by atoms with Gasteiger partial charge in [0.15, 0.2) is 5.78 Å². The summed E-state index contributed by atoms with van der Waals surface area (Å²) >= 11 is 6.03. The number of aliphatic hydroxyl groups is 2. The van der Waals surface area contributed by atoms with Gasteiger partial charge in [-0.25, -0.2) is 14.4 Å². The number of hydrogen-bond donors (Lipinski definition) is 3. The number of benzene rings is 2.